The van der Waals surface area contributed by atoms with E-state index in [0.717, 1.165) is 38.6 Å². The van der Waals surface area contributed by atoms with Gasteiger partial charge in [-0.15, -0.1) is 0 Å². The predicted molar refractivity (Wildman–Crippen MR) is 62.5 cm³/mol. The van der Waals surface area contributed by atoms with Crippen molar-refractivity contribution in [3.63, 3.8) is 0 Å². The molecule has 1 amide bonds. The van der Waals surface area contributed by atoms with Crippen LogP contribution in [0.3, 0.4) is 0 Å². The lowest BCUT2D eigenvalue weighted by atomic mass is 9.96. The highest BCUT2D eigenvalue weighted by Gasteiger charge is 2.33. The number of hydrogen-bond acceptors (Lipinski definition) is 3. The standard InChI is InChI=1S/C12H20N2O3/c15-11(10-5-2-6-13-10)14-7-8-3-1-4-9(8)12(16)17/h8-10,13H,1-7H2,(H,14,15)(H,16,17)/t8?,9?,10-/m0/s1. The van der Waals surface area contributed by atoms with Crippen LogP contribution in [-0.2, 0) is 9.59 Å². The monoisotopic (exact) mass is 240 g/mol. The summed E-state index contributed by atoms with van der Waals surface area (Å²) in [6.07, 6.45) is 4.55. The van der Waals surface area contributed by atoms with Gasteiger partial charge in [-0.25, -0.2) is 0 Å². The summed E-state index contributed by atoms with van der Waals surface area (Å²) in [5, 5.41) is 15.1. The minimum atomic E-state index is -0.722. The lowest BCUT2D eigenvalue weighted by molar-refractivity contribution is -0.143. The Kier molecular flexibility index (Phi) is 3.99. The zero-order valence-corrected chi connectivity index (χ0v) is 9.95. The first-order valence-electron chi connectivity index (χ1n) is 6.42. The van der Waals surface area contributed by atoms with Gasteiger partial charge < -0.3 is 15.7 Å². The van der Waals surface area contributed by atoms with Crippen molar-refractivity contribution < 1.29 is 14.7 Å². The van der Waals surface area contributed by atoms with Crippen LogP contribution in [-0.4, -0.2) is 36.1 Å². The van der Waals surface area contributed by atoms with Crippen molar-refractivity contribution >= 4 is 11.9 Å². The Morgan fingerprint density at radius 3 is 2.71 bits per heavy atom. The van der Waals surface area contributed by atoms with Crippen LogP contribution in [0.25, 0.3) is 0 Å². The third-order valence-electron chi connectivity index (χ3n) is 3.89. The Labute approximate surface area is 101 Å². The van der Waals surface area contributed by atoms with Gasteiger partial charge in [-0.05, 0) is 38.1 Å². The summed E-state index contributed by atoms with van der Waals surface area (Å²) in [6, 6.07) is -0.0697. The Morgan fingerprint density at radius 2 is 2.06 bits per heavy atom. The van der Waals surface area contributed by atoms with Crippen molar-refractivity contribution in [2.75, 3.05) is 13.1 Å². The average molecular weight is 240 g/mol. The Balaban J connectivity index is 1.77. The van der Waals surface area contributed by atoms with Crippen molar-refractivity contribution in [3.8, 4) is 0 Å². The highest BCUT2D eigenvalue weighted by Crippen LogP contribution is 2.31. The molecule has 0 aromatic heterocycles. The van der Waals surface area contributed by atoms with Gasteiger partial charge in [0.05, 0.1) is 12.0 Å². The van der Waals surface area contributed by atoms with E-state index in [4.69, 9.17) is 5.11 Å². The fraction of sp³-hybridized carbons (Fsp3) is 0.833. The molecule has 0 radical (unpaired) electrons. The number of rotatable bonds is 4. The first-order valence-corrected chi connectivity index (χ1v) is 6.42. The molecule has 0 bridgehead atoms. The van der Waals surface area contributed by atoms with E-state index in [0.29, 0.717) is 6.54 Å². The number of carbonyl (C=O) groups excluding carboxylic acids is 1. The van der Waals surface area contributed by atoms with Crippen LogP contribution in [0, 0.1) is 11.8 Å². The Hall–Kier alpha value is -1.10. The van der Waals surface area contributed by atoms with E-state index in [1.165, 1.54) is 0 Å². The van der Waals surface area contributed by atoms with Gasteiger partial charge in [-0.1, -0.05) is 6.42 Å². The van der Waals surface area contributed by atoms with E-state index in [1.54, 1.807) is 0 Å². The average Bonchev–Trinajstić information content (AvgIpc) is 2.96. The molecule has 2 fully saturated rings. The van der Waals surface area contributed by atoms with Crippen molar-refractivity contribution in [2.45, 2.75) is 38.1 Å². The Bertz CT molecular complexity index is 300. The molecule has 1 saturated carbocycles. The lowest BCUT2D eigenvalue weighted by Gasteiger charge is -2.18. The Morgan fingerprint density at radius 1 is 1.24 bits per heavy atom. The van der Waals surface area contributed by atoms with Crippen LogP contribution < -0.4 is 10.6 Å². The normalized spacial score (nSPS) is 32.6. The molecule has 3 N–H and O–H groups in total. The second-order valence-electron chi connectivity index (χ2n) is 5.03. The smallest absolute Gasteiger partial charge is 0.306 e. The van der Waals surface area contributed by atoms with E-state index >= 15 is 0 Å². The molecule has 0 spiro atoms. The van der Waals surface area contributed by atoms with Gasteiger partial charge in [-0.2, -0.15) is 0 Å². The molecule has 3 atom stereocenters. The summed E-state index contributed by atoms with van der Waals surface area (Å²) in [5.74, 6) is -0.857. The molecule has 5 nitrogen and oxygen atoms in total. The number of carbonyl (C=O) groups is 2. The van der Waals surface area contributed by atoms with Crippen molar-refractivity contribution in [2.24, 2.45) is 11.8 Å². The van der Waals surface area contributed by atoms with Crippen molar-refractivity contribution in [1.82, 2.24) is 10.6 Å². The van der Waals surface area contributed by atoms with Crippen LogP contribution >= 0.6 is 0 Å². The number of aliphatic carboxylic acids is 1. The third kappa shape index (κ3) is 2.97. The van der Waals surface area contributed by atoms with Crippen LogP contribution in [0.4, 0.5) is 0 Å². The van der Waals surface area contributed by atoms with Crippen molar-refractivity contribution in [1.29, 1.82) is 0 Å². The summed E-state index contributed by atoms with van der Waals surface area (Å²) in [5.41, 5.74) is 0. The zero-order chi connectivity index (χ0) is 12.3. The summed E-state index contributed by atoms with van der Waals surface area (Å²) >= 11 is 0. The topological polar surface area (TPSA) is 78.4 Å². The van der Waals surface area contributed by atoms with Gasteiger partial charge >= 0.3 is 5.97 Å². The molecular formula is C12H20N2O3. The SMILES string of the molecule is O=C(O)C1CCCC1CNC(=O)[C@@H]1CCCN1. The quantitative estimate of drug-likeness (QED) is 0.663. The van der Waals surface area contributed by atoms with Crippen LogP contribution in [0.2, 0.25) is 0 Å². The van der Waals surface area contributed by atoms with Crippen LogP contribution in [0.15, 0.2) is 0 Å². The van der Waals surface area contributed by atoms with E-state index in [-0.39, 0.29) is 23.8 Å². The number of nitrogens with one attached hydrogen (secondary N) is 2. The minimum absolute atomic E-state index is 0.0264. The van der Waals surface area contributed by atoms with Crippen molar-refractivity contribution in [3.05, 3.63) is 0 Å². The fourth-order valence-corrected chi connectivity index (χ4v) is 2.87. The van der Waals surface area contributed by atoms with Gasteiger partial charge in [0.15, 0.2) is 0 Å². The zero-order valence-electron chi connectivity index (χ0n) is 9.95. The first-order chi connectivity index (χ1) is 8.18. The molecule has 0 aromatic rings. The van der Waals surface area contributed by atoms with Gasteiger partial charge in [0.2, 0.25) is 5.91 Å². The first kappa shape index (κ1) is 12.4. The fourth-order valence-electron chi connectivity index (χ4n) is 2.87. The second kappa shape index (κ2) is 5.49. The molecule has 1 aliphatic heterocycles. The molecule has 17 heavy (non-hydrogen) atoms. The summed E-state index contributed by atoms with van der Waals surface area (Å²) in [6.45, 7) is 1.41. The highest BCUT2D eigenvalue weighted by molar-refractivity contribution is 5.82. The number of carboxylic acid groups (broad SMARTS) is 1. The maximum absolute atomic E-state index is 11.8. The predicted octanol–water partition coefficient (Wildman–Crippen LogP) is 0.355. The molecule has 1 heterocycles. The largest absolute Gasteiger partial charge is 0.481 e. The molecule has 1 aliphatic carbocycles. The number of carboxylic acids is 1. The minimum Gasteiger partial charge on any atom is -0.481 e. The number of amides is 1. The molecule has 1 saturated heterocycles. The molecule has 96 valence electrons. The molecule has 2 aliphatic rings. The molecule has 5 heteroatoms. The highest BCUT2D eigenvalue weighted by atomic mass is 16.4. The van der Waals surface area contributed by atoms with Crippen LogP contribution in [0.5, 0.6) is 0 Å². The molecule has 2 rings (SSSR count). The maximum atomic E-state index is 11.8. The van der Waals surface area contributed by atoms with Gasteiger partial charge in [0.1, 0.15) is 0 Å². The number of hydrogen-bond donors (Lipinski definition) is 3. The molecule has 2 unspecified atom stereocenters. The summed E-state index contributed by atoms with van der Waals surface area (Å²) in [4.78, 5) is 22.7. The van der Waals surface area contributed by atoms with E-state index in [2.05, 4.69) is 10.6 Å². The maximum Gasteiger partial charge on any atom is 0.306 e. The lowest BCUT2D eigenvalue weighted by Crippen LogP contribution is -2.43. The molecule has 0 aromatic carbocycles. The third-order valence-corrected chi connectivity index (χ3v) is 3.89. The van der Waals surface area contributed by atoms with Gasteiger partial charge in [0.25, 0.3) is 0 Å². The van der Waals surface area contributed by atoms with Gasteiger partial charge in [0, 0.05) is 6.54 Å². The van der Waals surface area contributed by atoms with E-state index in [1.807, 2.05) is 0 Å². The van der Waals surface area contributed by atoms with E-state index in [9.17, 15) is 9.59 Å². The second-order valence-corrected chi connectivity index (χ2v) is 5.03. The van der Waals surface area contributed by atoms with E-state index < -0.39 is 5.97 Å². The summed E-state index contributed by atoms with van der Waals surface area (Å²) < 4.78 is 0. The molecular weight excluding hydrogens is 220 g/mol. The van der Waals surface area contributed by atoms with Gasteiger partial charge in [-0.3, -0.25) is 9.59 Å². The van der Waals surface area contributed by atoms with Crippen LogP contribution in [0.1, 0.15) is 32.1 Å². The summed E-state index contributed by atoms with van der Waals surface area (Å²) in [7, 11) is 0.